The van der Waals surface area contributed by atoms with E-state index in [1.54, 1.807) is 18.4 Å². The van der Waals surface area contributed by atoms with Crippen LogP contribution in [0.15, 0.2) is 18.2 Å². The normalized spacial score (nSPS) is 22.1. The standard InChI is InChI=1S/C22H30N4O2S/c1-28-18-8-5-9-19-20(18)23-22(29-19)26-14-16(15-26)21(27)25-12-10-24(11-13-25)17-6-3-2-4-7-17/h5,8-9,16-17H,2-4,6-7,10-15H2,1H3. The number of benzene rings is 1. The molecule has 2 saturated heterocycles. The summed E-state index contributed by atoms with van der Waals surface area (Å²) >= 11 is 1.68. The largest absolute Gasteiger partial charge is 0.494 e. The Morgan fingerprint density at radius 2 is 1.86 bits per heavy atom. The van der Waals surface area contributed by atoms with Gasteiger partial charge >= 0.3 is 0 Å². The predicted molar refractivity (Wildman–Crippen MR) is 117 cm³/mol. The average Bonchev–Trinajstić information content (AvgIpc) is 3.17. The number of rotatable bonds is 4. The second-order valence-corrected chi connectivity index (χ2v) is 9.57. The number of anilines is 1. The van der Waals surface area contributed by atoms with Gasteiger partial charge in [0.25, 0.3) is 0 Å². The van der Waals surface area contributed by atoms with E-state index in [0.29, 0.717) is 5.91 Å². The van der Waals surface area contributed by atoms with E-state index in [-0.39, 0.29) is 5.92 Å². The van der Waals surface area contributed by atoms with Crippen molar-refractivity contribution in [3.8, 4) is 5.75 Å². The first-order chi connectivity index (χ1) is 14.2. The molecule has 7 heteroatoms. The highest BCUT2D eigenvalue weighted by atomic mass is 32.1. The van der Waals surface area contributed by atoms with Crippen LogP contribution in [0.5, 0.6) is 5.75 Å². The molecule has 0 N–H and O–H groups in total. The van der Waals surface area contributed by atoms with Gasteiger partial charge in [-0.2, -0.15) is 0 Å². The van der Waals surface area contributed by atoms with Crippen LogP contribution in [0, 0.1) is 5.92 Å². The van der Waals surface area contributed by atoms with E-state index in [4.69, 9.17) is 9.72 Å². The van der Waals surface area contributed by atoms with Gasteiger partial charge < -0.3 is 14.5 Å². The number of hydrogen-bond donors (Lipinski definition) is 0. The number of carbonyl (C=O) groups is 1. The number of aromatic nitrogens is 1. The van der Waals surface area contributed by atoms with Crippen molar-refractivity contribution >= 4 is 32.6 Å². The predicted octanol–water partition coefficient (Wildman–Crippen LogP) is 3.22. The minimum absolute atomic E-state index is 0.116. The van der Waals surface area contributed by atoms with E-state index in [2.05, 4.69) is 20.8 Å². The number of fused-ring (bicyclic) bond motifs is 1. The SMILES string of the molecule is COc1cccc2sc(N3CC(C(=O)N4CCN(C5CCCCC5)CC4)C3)nc12. The summed E-state index contributed by atoms with van der Waals surface area (Å²) in [6.45, 7) is 5.44. The van der Waals surface area contributed by atoms with Gasteiger partial charge in [0.05, 0.1) is 17.7 Å². The van der Waals surface area contributed by atoms with E-state index in [0.717, 1.165) is 66.4 Å². The molecule has 0 radical (unpaired) electrons. The molecule has 3 fully saturated rings. The van der Waals surface area contributed by atoms with Gasteiger partial charge in [-0.25, -0.2) is 4.98 Å². The monoisotopic (exact) mass is 414 g/mol. The van der Waals surface area contributed by atoms with E-state index in [9.17, 15) is 4.79 Å². The molecule has 1 aromatic carbocycles. The molecular formula is C22H30N4O2S. The van der Waals surface area contributed by atoms with Gasteiger partial charge in [0.15, 0.2) is 5.13 Å². The maximum absolute atomic E-state index is 13.0. The zero-order valence-corrected chi connectivity index (χ0v) is 18.0. The molecule has 0 spiro atoms. The second-order valence-electron chi connectivity index (χ2n) is 8.56. The molecule has 2 aliphatic heterocycles. The third kappa shape index (κ3) is 3.70. The lowest BCUT2D eigenvalue weighted by Crippen LogP contribution is -2.59. The van der Waals surface area contributed by atoms with Gasteiger partial charge in [-0.05, 0) is 25.0 Å². The Labute approximate surface area is 176 Å². The average molecular weight is 415 g/mol. The van der Waals surface area contributed by atoms with Crippen LogP contribution in [-0.4, -0.2) is 73.1 Å². The van der Waals surface area contributed by atoms with Crippen molar-refractivity contribution in [2.75, 3.05) is 51.3 Å². The van der Waals surface area contributed by atoms with Gasteiger partial charge in [0.2, 0.25) is 5.91 Å². The van der Waals surface area contributed by atoms with Crippen molar-refractivity contribution in [1.29, 1.82) is 0 Å². The zero-order valence-electron chi connectivity index (χ0n) is 17.2. The molecule has 1 amide bonds. The molecule has 1 saturated carbocycles. The fourth-order valence-electron chi connectivity index (χ4n) is 5.01. The Morgan fingerprint density at radius 1 is 1.10 bits per heavy atom. The highest BCUT2D eigenvalue weighted by molar-refractivity contribution is 7.22. The Kier molecular flexibility index (Phi) is 5.35. The maximum atomic E-state index is 13.0. The number of hydrogen-bond acceptors (Lipinski definition) is 6. The van der Waals surface area contributed by atoms with Crippen molar-refractivity contribution in [1.82, 2.24) is 14.8 Å². The summed E-state index contributed by atoms with van der Waals surface area (Å²) in [5.74, 6) is 1.27. The molecule has 0 unspecified atom stereocenters. The molecule has 6 nitrogen and oxygen atoms in total. The molecule has 29 heavy (non-hydrogen) atoms. The van der Waals surface area contributed by atoms with Gasteiger partial charge in [0.1, 0.15) is 11.3 Å². The number of ether oxygens (including phenoxy) is 1. The van der Waals surface area contributed by atoms with Crippen LogP contribution >= 0.6 is 11.3 Å². The highest BCUT2D eigenvalue weighted by Gasteiger charge is 2.38. The first kappa shape index (κ1) is 19.1. The number of para-hydroxylation sites is 1. The highest BCUT2D eigenvalue weighted by Crippen LogP contribution is 2.37. The number of carbonyl (C=O) groups excluding carboxylic acids is 1. The van der Waals surface area contributed by atoms with E-state index < -0.39 is 0 Å². The lowest BCUT2D eigenvalue weighted by atomic mass is 9.93. The third-order valence-corrected chi connectivity index (χ3v) is 7.89. The van der Waals surface area contributed by atoms with Crippen LogP contribution < -0.4 is 9.64 Å². The lowest BCUT2D eigenvalue weighted by Gasteiger charge is -2.44. The van der Waals surface area contributed by atoms with Crippen molar-refractivity contribution < 1.29 is 9.53 Å². The summed E-state index contributed by atoms with van der Waals surface area (Å²) in [6.07, 6.45) is 6.84. The first-order valence-electron chi connectivity index (χ1n) is 10.9. The van der Waals surface area contributed by atoms with Crippen LogP contribution in [0.3, 0.4) is 0 Å². The molecule has 156 valence electrons. The lowest BCUT2D eigenvalue weighted by molar-refractivity contribution is -0.138. The van der Waals surface area contributed by atoms with E-state index in [1.807, 2.05) is 12.1 Å². The Hall–Kier alpha value is -1.86. The fourth-order valence-corrected chi connectivity index (χ4v) is 6.02. The molecular weight excluding hydrogens is 384 g/mol. The minimum atomic E-state index is 0.116. The van der Waals surface area contributed by atoms with E-state index in [1.165, 1.54) is 32.1 Å². The summed E-state index contributed by atoms with van der Waals surface area (Å²) in [6, 6.07) is 6.78. The van der Waals surface area contributed by atoms with Crippen molar-refractivity contribution in [3.05, 3.63) is 18.2 Å². The second kappa shape index (κ2) is 8.11. The molecule has 5 rings (SSSR count). The van der Waals surface area contributed by atoms with Crippen LogP contribution in [0.2, 0.25) is 0 Å². The first-order valence-corrected chi connectivity index (χ1v) is 11.8. The Bertz CT molecular complexity index is 865. The molecule has 1 aliphatic carbocycles. The number of amides is 1. The number of piperazine rings is 1. The molecule has 2 aromatic rings. The Balaban J connectivity index is 1.15. The van der Waals surface area contributed by atoms with Crippen molar-refractivity contribution in [3.63, 3.8) is 0 Å². The molecule has 3 aliphatic rings. The molecule has 0 bridgehead atoms. The Morgan fingerprint density at radius 3 is 2.59 bits per heavy atom. The van der Waals surface area contributed by atoms with Crippen LogP contribution in [0.25, 0.3) is 10.2 Å². The van der Waals surface area contributed by atoms with E-state index >= 15 is 0 Å². The summed E-state index contributed by atoms with van der Waals surface area (Å²) < 4.78 is 6.56. The van der Waals surface area contributed by atoms with Gasteiger partial charge in [-0.3, -0.25) is 9.69 Å². The summed E-state index contributed by atoms with van der Waals surface area (Å²) in [4.78, 5) is 24.7. The van der Waals surface area contributed by atoms with Crippen molar-refractivity contribution in [2.24, 2.45) is 5.92 Å². The fraction of sp³-hybridized carbons (Fsp3) is 0.636. The maximum Gasteiger partial charge on any atom is 0.229 e. The molecule has 1 aromatic heterocycles. The minimum Gasteiger partial charge on any atom is -0.494 e. The summed E-state index contributed by atoms with van der Waals surface area (Å²) in [5.41, 5.74) is 0.920. The van der Waals surface area contributed by atoms with Gasteiger partial charge in [0, 0.05) is 45.3 Å². The van der Waals surface area contributed by atoms with Crippen LogP contribution in [-0.2, 0) is 4.79 Å². The van der Waals surface area contributed by atoms with Crippen molar-refractivity contribution in [2.45, 2.75) is 38.1 Å². The third-order valence-electron chi connectivity index (χ3n) is 6.81. The van der Waals surface area contributed by atoms with Gasteiger partial charge in [-0.1, -0.05) is 36.7 Å². The van der Waals surface area contributed by atoms with Gasteiger partial charge in [-0.15, -0.1) is 0 Å². The summed E-state index contributed by atoms with van der Waals surface area (Å²) in [5, 5.41) is 0.996. The number of methoxy groups -OCH3 is 1. The van der Waals surface area contributed by atoms with Crippen LogP contribution in [0.4, 0.5) is 5.13 Å². The molecule has 0 atom stereocenters. The molecule has 3 heterocycles. The quantitative estimate of drug-likeness (QED) is 0.769. The smallest absolute Gasteiger partial charge is 0.229 e. The number of nitrogens with zero attached hydrogens (tertiary/aromatic N) is 4. The number of thiazole rings is 1. The van der Waals surface area contributed by atoms with Crippen LogP contribution in [0.1, 0.15) is 32.1 Å². The summed E-state index contributed by atoms with van der Waals surface area (Å²) in [7, 11) is 1.68. The zero-order chi connectivity index (χ0) is 19.8. The topological polar surface area (TPSA) is 48.9 Å².